The van der Waals surface area contributed by atoms with Crippen molar-refractivity contribution in [3.8, 4) is 0 Å². The molecule has 0 unspecified atom stereocenters. The number of hydroxylamine groups is 2. The second-order valence-corrected chi connectivity index (χ2v) is 3.76. The second kappa shape index (κ2) is 6.79. The van der Waals surface area contributed by atoms with Crippen LogP contribution in [0.1, 0.15) is 33.6 Å². The average Bonchev–Trinajstić information content (AvgIpc) is 2.03. The quantitative estimate of drug-likeness (QED) is 0.506. The molecule has 0 saturated heterocycles. The topological polar surface area (TPSA) is 49.8 Å². The molecule has 0 aliphatic carbocycles. The Kier molecular flexibility index (Phi) is 6.49. The lowest BCUT2D eigenvalue weighted by Gasteiger charge is -2.26. The monoisotopic (exact) mass is 203 g/mol. The average molecular weight is 203 g/mol. The van der Waals surface area contributed by atoms with Gasteiger partial charge in [0.25, 0.3) is 0 Å². The number of likely N-dealkylation sites (N-methyl/N-ethyl adjacent to an activating group) is 1. The molecule has 0 aliphatic heterocycles. The van der Waals surface area contributed by atoms with E-state index < -0.39 is 12.0 Å². The molecule has 0 spiro atoms. The molecule has 0 radical (unpaired) electrons. The molecule has 0 saturated carbocycles. The van der Waals surface area contributed by atoms with Gasteiger partial charge in [-0.05, 0) is 12.3 Å². The highest BCUT2D eigenvalue weighted by atomic mass is 16.7. The van der Waals surface area contributed by atoms with Crippen molar-refractivity contribution in [1.82, 2.24) is 5.06 Å². The van der Waals surface area contributed by atoms with E-state index in [1.165, 1.54) is 5.06 Å². The number of hydrogen-bond acceptors (Lipinski definition) is 3. The lowest BCUT2D eigenvalue weighted by molar-refractivity contribution is -0.193. The predicted octanol–water partition coefficient (Wildman–Crippen LogP) is 1.76. The molecule has 0 aliphatic rings. The van der Waals surface area contributed by atoms with E-state index >= 15 is 0 Å². The van der Waals surface area contributed by atoms with Crippen molar-refractivity contribution in [3.63, 3.8) is 0 Å². The summed E-state index contributed by atoms with van der Waals surface area (Å²) in [6.07, 6.45) is 2.00. The van der Waals surface area contributed by atoms with Crippen molar-refractivity contribution >= 4 is 5.97 Å². The molecule has 0 aromatic carbocycles. The highest BCUT2D eigenvalue weighted by molar-refractivity contribution is 5.73. The normalized spacial score (nSPS) is 13.6. The number of rotatable bonds is 7. The van der Waals surface area contributed by atoms with Crippen molar-refractivity contribution in [2.45, 2.75) is 39.7 Å². The maximum atomic E-state index is 10.9. The third-order valence-corrected chi connectivity index (χ3v) is 2.07. The number of carboxylic acids is 1. The van der Waals surface area contributed by atoms with Crippen molar-refractivity contribution in [3.05, 3.63) is 0 Å². The van der Waals surface area contributed by atoms with E-state index in [0.29, 0.717) is 6.61 Å². The van der Waals surface area contributed by atoms with E-state index in [9.17, 15) is 4.79 Å². The van der Waals surface area contributed by atoms with Gasteiger partial charge in [-0.25, -0.2) is 0 Å². The lowest BCUT2D eigenvalue weighted by atomic mass is 10.1. The summed E-state index contributed by atoms with van der Waals surface area (Å²) in [6.45, 7) is 6.40. The van der Waals surface area contributed by atoms with Crippen LogP contribution in [0.2, 0.25) is 0 Å². The molecule has 0 heterocycles. The first-order valence-electron chi connectivity index (χ1n) is 5.09. The van der Waals surface area contributed by atoms with E-state index in [0.717, 1.165) is 12.8 Å². The zero-order valence-electron chi connectivity index (χ0n) is 9.49. The number of aliphatic carboxylic acids is 1. The van der Waals surface area contributed by atoms with Crippen LogP contribution < -0.4 is 0 Å². The molecule has 1 atom stereocenters. The Morgan fingerprint density at radius 1 is 1.50 bits per heavy atom. The van der Waals surface area contributed by atoms with E-state index in [2.05, 4.69) is 6.92 Å². The lowest BCUT2D eigenvalue weighted by Crippen LogP contribution is -2.42. The van der Waals surface area contributed by atoms with Gasteiger partial charge in [0.1, 0.15) is 6.04 Å². The fourth-order valence-corrected chi connectivity index (χ4v) is 1.29. The summed E-state index contributed by atoms with van der Waals surface area (Å²) in [5.74, 6) is -0.793. The largest absolute Gasteiger partial charge is 0.480 e. The Morgan fingerprint density at radius 3 is 2.43 bits per heavy atom. The van der Waals surface area contributed by atoms with Gasteiger partial charge >= 0.3 is 5.97 Å². The summed E-state index contributed by atoms with van der Waals surface area (Å²) in [7, 11) is 1.68. The molecule has 4 heteroatoms. The molecule has 0 amide bonds. The molecular formula is C10H21NO3. The van der Waals surface area contributed by atoms with Crippen molar-refractivity contribution in [2.75, 3.05) is 13.7 Å². The number of unbranched alkanes of at least 4 members (excludes halogenated alkanes) is 1. The fourth-order valence-electron chi connectivity index (χ4n) is 1.29. The smallest absolute Gasteiger partial charge is 0.323 e. The molecule has 1 N–H and O–H groups in total. The summed E-state index contributed by atoms with van der Waals surface area (Å²) in [4.78, 5) is 16.2. The highest BCUT2D eigenvalue weighted by Crippen LogP contribution is 2.10. The highest BCUT2D eigenvalue weighted by Gasteiger charge is 2.26. The Morgan fingerprint density at radius 2 is 2.07 bits per heavy atom. The minimum atomic E-state index is -0.834. The Labute approximate surface area is 85.8 Å². The van der Waals surface area contributed by atoms with Gasteiger partial charge in [0.05, 0.1) is 6.61 Å². The fraction of sp³-hybridized carbons (Fsp3) is 0.900. The number of carboxylic acid groups (broad SMARTS) is 1. The Hall–Kier alpha value is -0.610. The van der Waals surface area contributed by atoms with Crippen LogP contribution in [0.3, 0.4) is 0 Å². The Bertz CT molecular complexity index is 171. The summed E-state index contributed by atoms with van der Waals surface area (Å²) in [6, 6.07) is -0.563. The van der Waals surface area contributed by atoms with Gasteiger partial charge in [-0.1, -0.05) is 27.2 Å². The van der Waals surface area contributed by atoms with Gasteiger partial charge in [-0.3, -0.25) is 9.63 Å². The van der Waals surface area contributed by atoms with Crippen LogP contribution in [-0.4, -0.2) is 35.8 Å². The molecule has 84 valence electrons. The van der Waals surface area contributed by atoms with Crippen LogP contribution in [0.25, 0.3) is 0 Å². The van der Waals surface area contributed by atoms with Crippen LogP contribution in [0, 0.1) is 5.92 Å². The maximum absolute atomic E-state index is 10.9. The standard InChI is InChI=1S/C10H21NO3/c1-5-6-7-14-11(4)9(8(2)3)10(12)13/h8-9H,5-7H2,1-4H3,(H,12,13)/t9-/m0/s1. The summed E-state index contributed by atoms with van der Waals surface area (Å²) >= 11 is 0. The Balaban J connectivity index is 4.02. The third kappa shape index (κ3) is 4.58. The number of hydrogen-bond donors (Lipinski definition) is 1. The maximum Gasteiger partial charge on any atom is 0.323 e. The van der Waals surface area contributed by atoms with Gasteiger partial charge in [-0.2, -0.15) is 5.06 Å². The van der Waals surface area contributed by atoms with Gasteiger partial charge in [0, 0.05) is 7.05 Å². The molecule has 0 aromatic rings. The number of carbonyl (C=O) groups is 1. The first kappa shape index (κ1) is 13.4. The van der Waals surface area contributed by atoms with E-state index in [4.69, 9.17) is 9.94 Å². The molecule has 4 nitrogen and oxygen atoms in total. The summed E-state index contributed by atoms with van der Waals surface area (Å²) in [5.41, 5.74) is 0. The van der Waals surface area contributed by atoms with Crippen LogP contribution in [0.5, 0.6) is 0 Å². The van der Waals surface area contributed by atoms with Crippen LogP contribution in [0.4, 0.5) is 0 Å². The van der Waals surface area contributed by atoms with Crippen molar-refractivity contribution in [1.29, 1.82) is 0 Å². The molecule has 0 aromatic heterocycles. The number of nitrogens with zero attached hydrogens (tertiary/aromatic N) is 1. The van der Waals surface area contributed by atoms with Crippen LogP contribution in [0.15, 0.2) is 0 Å². The SMILES string of the molecule is CCCCON(C)[C@H](C(=O)O)C(C)C. The van der Waals surface area contributed by atoms with Gasteiger partial charge < -0.3 is 5.11 Å². The van der Waals surface area contributed by atoms with E-state index in [-0.39, 0.29) is 5.92 Å². The second-order valence-electron chi connectivity index (χ2n) is 3.76. The van der Waals surface area contributed by atoms with Crippen molar-refractivity contribution < 1.29 is 14.7 Å². The van der Waals surface area contributed by atoms with Crippen LogP contribution in [-0.2, 0) is 9.63 Å². The first-order valence-corrected chi connectivity index (χ1v) is 5.09. The molecule has 14 heavy (non-hydrogen) atoms. The predicted molar refractivity (Wildman–Crippen MR) is 54.9 cm³/mol. The first-order chi connectivity index (χ1) is 6.50. The van der Waals surface area contributed by atoms with Crippen LogP contribution >= 0.6 is 0 Å². The molecule has 0 rings (SSSR count). The van der Waals surface area contributed by atoms with Gasteiger partial charge in [-0.15, -0.1) is 0 Å². The molecule has 0 bridgehead atoms. The van der Waals surface area contributed by atoms with E-state index in [1.54, 1.807) is 7.05 Å². The third-order valence-electron chi connectivity index (χ3n) is 2.07. The van der Waals surface area contributed by atoms with Gasteiger partial charge in [0.15, 0.2) is 0 Å². The van der Waals surface area contributed by atoms with E-state index in [1.807, 2.05) is 13.8 Å². The molecule has 0 fully saturated rings. The zero-order chi connectivity index (χ0) is 11.1. The minimum absolute atomic E-state index is 0.0409. The summed E-state index contributed by atoms with van der Waals surface area (Å²) < 4.78 is 0. The van der Waals surface area contributed by atoms with Gasteiger partial charge in [0.2, 0.25) is 0 Å². The van der Waals surface area contributed by atoms with Crippen molar-refractivity contribution in [2.24, 2.45) is 5.92 Å². The molecular weight excluding hydrogens is 182 g/mol. The zero-order valence-corrected chi connectivity index (χ0v) is 9.49. The minimum Gasteiger partial charge on any atom is -0.480 e. The summed E-state index contributed by atoms with van der Waals surface area (Å²) in [5, 5.41) is 10.4.